The molecule has 2 rings (SSSR count). The maximum absolute atomic E-state index is 11.9. The molecule has 0 saturated carbocycles. The van der Waals surface area contributed by atoms with Crippen molar-refractivity contribution in [3.8, 4) is 0 Å². The van der Waals surface area contributed by atoms with Crippen LogP contribution in [0.4, 0.5) is 0 Å². The Balaban J connectivity index is 2.31. The summed E-state index contributed by atoms with van der Waals surface area (Å²) in [5.74, 6) is -0.278. The van der Waals surface area contributed by atoms with Crippen molar-refractivity contribution in [3.63, 3.8) is 0 Å². The van der Waals surface area contributed by atoms with Crippen LogP contribution in [0.15, 0.2) is 54.6 Å². The number of hydrogen-bond donors (Lipinski definition) is 0. The molecule has 2 heteroatoms. The Kier molecular flexibility index (Phi) is 3.55. The summed E-state index contributed by atoms with van der Waals surface area (Å²) in [6, 6.07) is 13.4. The molecule has 2 aromatic carbocycles. The van der Waals surface area contributed by atoms with Crippen LogP contribution in [0.5, 0.6) is 0 Å². The molecule has 0 aliphatic carbocycles. The van der Waals surface area contributed by atoms with Gasteiger partial charge in [-0.3, -0.25) is 0 Å². The summed E-state index contributed by atoms with van der Waals surface area (Å²) in [5.41, 5.74) is 0.618. The number of esters is 1. The van der Waals surface area contributed by atoms with Gasteiger partial charge in [0.1, 0.15) is 6.61 Å². The Morgan fingerprint density at radius 1 is 1.18 bits per heavy atom. The van der Waals surface area contributed by atoms with E-state index in [2.05, 4.69) is 0 Å². The van der Waals surface area contributed by atoms with E-state index >= 15 is 0 Å². The molecule has 0 bridgehead atoms. The Morgan fingerprint density at radius 2 is 1.94 bits per heavy atom. The quantitative estimate of drug-likeness (QED) is 0.590. The van der Waals surface area contributed by atoms with E-state index in [0.29, 0.717) is 12.2 Å². The van der Waals surface area contributed by atoms with Gasteiger partial charge in [-0.25, -0.2) is 4.79 Å². The highest BCUT2D eigenvalue weighted by Crippen LogP contribution is 2.19. The van der Waals surface area contributed by atoms with Crippen molar-refractivity contribution >= 4 is 16.7 Å². The molecule has 0 atom stereocenters. The first kappa shape index (κ1) is 11.4. The molecular formula is C15H14O2. The highest BCUT2D eigenvalue weighted by atomic mass is 16.5. The lowest BCUT2D eigenvalue weighted by atomic mass is 10.1. The number of rotatable bonds is 3. The van der Waals surface area contributed by atoms with Crippen LogP contribution in [0.2, 0.25) is 0 Å². The molecule has 0 aliphatic rings. The number of carbonyl (C=O) groups excluding carboxylic acids is 1. The van der Waals surface area contributed by atoms with Gasteiger partial charge in [0.25, 0.3) is 0 Å². The van der Waals surface area contributed by atoms with Crippen LogP contribution in [-0.2, 0) is 4.74 Å². The zero-order chi connectivity index (χ0) is 12.1. The van der Waals surface area contributed by atoms with Crippen molar-refractivity contribution in [2.24, 2.45) is 0 Å². The fourth-order valence-electron chi connectivity index (χ4n) is 1.70. The minimum absolute atomic E-state index is 0.278. The van der Waals surface area contributed by atoms with Crippen molar-refractivity contribution < 1.29 is 9.53 Å². The molecule has 0 aliphatic heterocycles. The summed E-state index contributed by atoms with van der Waals surface area (Å²) in [6.07, 6.45) is 3.67. The average molecular weight is 226 g/mol. The van der Waals surface area contributed by atoms with Gasteiger partial charge in [0.2, 0.25) is 0 Å². The van der Waals surface area contributed by atoms with Crippen LogP contribution < -0.4 is 0 Å². The van der Waals surface area contributed by atoms with Gasteiger partial charge >= 0.3 is 5.97 Å². The minimum Gasteiger partial charge on any atom is -0.458 e. The topological polar surface area (TPSA) is 26.3 Å². The van der Waals surface area contributed by atoms with Crippen LogP contribution in [0.1, 0.15) is 17.3 Å². The molecule has 0 aromatic heterocycles. The molecular weight excluding hydrogens is 212 g/mol. The smallest absolute Gasteiger partial charge is 0.339 e. The van der Waals surface area contributed by atoms with Gasteiger partial charge in [-0.1, -0.05) is 48.6 Å². The van der Waals surface area contributed by atoms with Crippen LogP contribution in [0, 0.1) is 0 Å². The monoisotopic (exact) mass is 226 g/mol. The lowest BCUT2D eigenvalue weighted by Crippen LogP contribution is -2.05. The summed E-state index contributed by atoms with van der Waals surface area (Å²) in [6.45, 7) is 2.21. The van der Waals surface area contributed by atoms with Crippen LogP contribution in [0.3, 0.4) is 0 Å². The predicted octanol–water partition coefficient (Wildman–Crippen LogP) is 3.57. The number of benzene rings is 2. The molecule has 86 valence electrons. The largest absolute Gasteiger partial charge is 0.458 e. The van der Waals surface area contributed by atoms with E-state index in [1.54, 1.807) is 6.07 Å². The molecule has 0 radical (unpaired) electrons. The van der Waals surface area contributed by atoms with Gasteiger partial charge in [0, 0.05) is 0 Å². The minimum atomic E-state index is -0.278. The zero-order valence-electron chi connectivity index (χ0n) is 9.72. The van der Waals surface area contributed by atoms with Crippen molar-refractivity contribution in [3.05, 3.63) is 60.2 Å². The molecule has 0 fully saturated rings. The maximum Gasteiger partial charge on any atom is 0.339 e. The van der Waals surface area contributed by atoms with E-state index in [1.807, 2.05) is 55.5 Å². The van der Waals surface area contributed by atoms with E-state index < -0.39 is 0 Å². The number of fused-ring (bicyclic) bond motifs is 1. The summed E-state index contributed by atoms with van der Waals surface area (Å²) < 4.78 is 5.15. The third-order valence-electron chi connectivity index (χ3n) is 2.56. The van der Waals surface area contributed by atoms with Crippen molar-refractivity contribution in [2.75, 3.05) is 6.61 Å². The lowest BCUT2D eigenvalue weighted by molar-refractivity contribution is 0.0552. The van der Waals surface area contributed by atoms with E-state index in [4.69, 9.17) is 4.74 Å². The normalized spacial score (nSPS) is 10.9. The maximum atomic E-state index is 11.9. The van der Waals surface area contributed by atoms with Gasteiger partial charge in [-0.15, -0.1) is 0 Å². The van der Waals surface area contributed by atoms with Gasteiger partial charge in [-0.2, -0.15) is 0 Å². The molecule has 0 N–H and O–H groups in total. The van der Waals surface area contributed by atoms with E-state index in [9.17, 15) is 4.79 Å². The van der Waals surface area contributed by atoms with E-state index in [-0.39, 0.29) is 5.97 Å². The first-order valence-corrected chi connectivity index (χ1v) is 5.59. The second kappa shape index (κ2) is 5.30. The first-order valence-electron chi connectivity index (χ1n) is 5.59. The second-order valence-electron chi connectivity index (χ2n) is 3.69. The Bertz CT molecular complexity index is 550. The molecule has 0 heterocycles. The van der Waals surface area contributed by atoms with Crippen LogP contribution in [-0.4, -0.2) is 12.6 Å². The Hall–Kier alpha value is -2.09. The number of allylic oxidation sites excluding steroid dienone is 1. The number of carbonyl (C=O) groups is 1. The zero-order valence-corrected chi connectivity index (χ0v) is 9.72. The van der Waals surface area contributed by atoms with Gasteiger partial charge in [-0.05, 0) is 23.8 Å². The molecule has 0 spiro atoms. The standard InChI is InChI=1S/C15H14O2/c1-2-3-11-17-15(16)14-10-6-8-12-7-4-5-9-13(12)14/h2-10H,11H2,1H3/b3-2+. The van der Waals surface area contributed by atoms with Gasteiger partial charge < -0.3 is 4.74 Å². The predicted molar refractivity (Wildman–Crippen MR) is 69.0 cm³/mol. The van der Waals surface area contributed by atoms with Crippen LogP contribution >= 0.6 is 0 Å². The van der Waals surface area contributed by atoms with Crippen LogP contribution in [0.25, 0.3) is 10.8 Å². The first-order chi connectivity index (χ1) is 8.33. The average Bonchev–Trinajstić information content (AvgIpc) is 2.38. The third kappa shape index (κ3) is 2.53. The van der Waals surface area contributed by atoms with Crippen molar-refractivity contribution in [1.82, 2.24) is 0 Å². The van der Waals surface area contributed by atoms with E-state index in [0.717, 1.165) is 10.8 Å². The molecule has 0 saturated heterocycles. The van der Waals surface area contributed by atoms with Crippen molar-refractivity contribution in [2.45, 2.75) is 6.92 Å². The SMILES string of the molecule is C/C=C/COC(=O)c1cccc2ccccc12. The van der Waals surface area contributed by atoms with Gasteiger partial charge in [0.05, 0.1) is 5.56 Å². The molecule has 0 unspecified atom stereocenters. The molecule has 2 nitrogen and oxygen atoms in total. The highest BCUT2D eigenvalue weighted by molar-refractivity contribution is 6.04. The highest BCUT2D eigenvalue weighted by Gasteiger charge is 2.09. The Labute approximate surface area is 101 Å². The van der Waals surface area contributed by atoms with Gasteiger partial charge in [0.15, 0.2) is 0 Å². The summed E-state index contributed by atoms with van der Waals surface area (Å²) in [4.78, 5) is 11.9. The number of ether oxygens (including phenoxy) is 1. The van der Waals surface area contributed by atoms with E-state index in [1.165, 1.54) is 0 Å². The summed E-state index contributed by atoms with van der Waals surface area (Å²) >= 11 is 0. The fraction of sp³-hybridized carbons (Fsp3) is 0.133. The summed E-state index contributed by atoms with van der Waals surface area (Å²) in [5, 5.41) is 1.98. The summed E-state index contributed by atoms with van der Waals surface area (Å²) in [7, 11) is 0. The third-order valence-corrected chi connectivity index (χ3v) is 2.56. The van der Waals surface area contributed by atoms with Crippen molar-refractivity contribution in [1.29, 1.82) is 0 Å². The molecule has 2 aromatic rings. The second-order valence-corrected chi connectivity index (χ2v) is 3.69. The fourth-order valence-corrected chi connectivity index (χ4v) is 1.70. The lowest BCUT2D eigenvalue weighted by Gasteiger charge is -2.05. The molecule has 17 heavy (non-hydrogen) atoms. The Morgan fingerprint density at radius 3 is 2.76 bits per heavy atom. The number of hydrogen-bond acceptors (Lipinski definition) is 2. The molecule has 0 amide bonds.